The van der Waals surface area contributed by atoms with Crippen LogP contribution in [0.5, 0.6) is 0 Å². The normalized spacial score (nSPS) is 19.4. The van der Waals surface area contributed by atoms with Crippen molar-refractivity contribution < 1.29 is 8.42 Å². The van der Waals surface area contributed by atoms with Gasteiger partial charge in [0.25, 0.3) is 0 Å². The summed E-state index contributed by atoms with van der Waals surface area (Å²) in [6, 6.07) is 17.9. The zero-order chi connectivity index (χ0) is 17.2. The molecule has 5 heteroatoms. The Balaban J connectivity index is 1.71. The van der Waals surface area contributed by atoms with Gasteiger partial charge in [0.05, 0.1) is 5.75 Å². The predicted octanol–water partition coefficient (Wildman–Crippen LogP) is 3.04. The molecule has 2 aromatic carbocycles. The highest BCUT2D eigenvalue weighted by molar-refractivity contribution is 7.88. The molecule has 1 fully saturated rings. The largest absolute Gasteiger partial charge is 0.369 e. The van der Waals surface area contributed by atoms with Gasteiger partial charge in [-0.25, -0.2) is 8.42 Å². The van der Waals surface area contributed by atoms with Crippen molar-refractivity contribution in [2.45, 2.75) is 25.6 Å². The number of para-hydroxylation sites is 1. The number of nitrogens with zero attached hydrogens (tertiary/aromatic N) is 2. The molecule has 4 nitrogen and oxygen atoms in total. The van der Waals surface area contributed by atoms with E-state index in [1.807, 2.05) is 56.3 Å². The Labute approximate surface area is 144 Å². The maximum Gasteiger partial charge on any atom is 0.218 e. The maximum atomic E-state index is 12.8. The van der Waals surface area contributed by atoms with E-state index in [-0.39, 0.29) is 11.8 Å². The van der Waals surface area contributed by atoms with E-state index in [1.165, 1.54) is 0 Å². The molecule has 24 heavy (non-hydrogen) atoms. The molecule has 0 N–H and O–H groups in total. The fourth-order valence-corrected chi connectivity index (χ4v) is 5.06. The molecule has 0 spiro atoms. The molecule has 0 bridgehead atoms. The van der Waals surface area contributed by atoms with Crippen LogP contribution < -0.4 is 4.90 Å². The van der Waals surface area contributed by atoms with Gasteiger partial charge in [0.15, 0.2) is 0 Å². The third-order valence-corrected chi connectivity index (χ3v) is 6.43. The van der Waals surface area contributed by atoms with Gasteiger partial charge in [-0.1, -0.05) is 48.0 Å². The first-order chi connectivity index (χ1) is 11.5. The van der Waals surface area contributed by atoms with E-state index in [0.29, 0.717) is 6.54 Å². The summed E-state index contributed by atoms with van der Waals surface area (Å²) >= 11 is 0. The van der Waals surface area contributed by atoms with Crippen LogP contribution in [-0.4, -0.2) is 38.4 Å². The minimum absolute atomic E-state index is 0.0336. The van der Waals surface area contributed by atoms with E-state index < -0.39 is 10.0 Å². The van der Waals surface area contributed by atoms with E-state index in [4.69, 9.17) is 0 Å². The number of hydrogen-bond acceptors (Lipinski definition) is 3. The Bertz CT molecular complexity index is 790. The van der Waals surface area contributed by atoms with Gasteiger partial charge in [0.1, 0.15) is 0 Å². The highest BCUT2D eigenvalue weighted by Crippen LogP contribution is 2.22. The summed E-state index contributed by atoms with van der Waals surface area (Å²) in [6.07, 6.45) is 0. The topological polar surface area (TPSA) is 40.6 Å². The number of benzene rings is 2. The summed E-state index contributed by atoms with van der Waals surface area (Å²) in [7, 11) is -3.30. The van der Waals surface area contributed by atoms with Crippen LogP contribution >= 0.6 is 0 Å². The molecule has 3 rings (SSSR count). The molecule has 1 unspecified atom stereocenters. The van der Waals surface area contributed by atoms with Gasteiger partial charge in [-0.05, 0) is 31.5 Å². The first-order valence-corrected chi connectivity index (χ1v) is 9.92. The molecule has 0 amide bonds. The lowest BCUT2D eigenvalue weighted by atomic mass is 10.2. The van der Waals surface area contributed by atoms with Crippen molar-refractivity contribution in [1.82, 2.24) is 4.31 Å². The van der Waals surface area contributed by atoms with Crippen LogP contribution in [0, 0.1) is 6.92 Å². The first kappa shape index (κ1) is 17.0. The van der Waals surface area contributed by atoms with E-state index >= 15 is 0 Å². The summed E-state index contributed by atoms with van der Waals surface area (Å²) in [5.41, 5.74) is 3.09. The van der Waals surface area contributed by atoms with Gasteiger partial charge < -0.3 is 4.90 Å². The predicted molar refractivity (Wildman–Crippen MR) is 98.6 cm³/mol. The summed E-state index contributed by atoms with van der Waals surface area (Å²) in [5.74, 6) is 0.0738. The molecular weight excluding hydrogens is 320 g/mol. The third kappa shape index (κ3) is 3.79. The van der Waals surface area contributed by atoms with Crippen molar-refractivity contribution in [3.63, 3.8) is 0 Å². The quantitative estimate of drug-likeness (QED) is 0.856. The molecule has 2 aromatic rings. The fourth-order valence-electron chi connectivity index (χ4n) is 3.32. The minimum Gasteiger partial charge on any atom is -0.369 e. The molecule has 1 saturated heterocycles. The maximum absolute atomic E-state index is 12.8. The molecule has 0 aromatic heterocycles. The van der Waals surface area contributed by atoms with Crippen LogP contribution in [0.4, 0.5) is 5.69 Å². The van der Waals surface area contributed by atoms with Gasteiger partial charge in [-0.3, -0.25) is 0 Å². The molecule has 0 aliphatic carbocycles. The van der Waals surface area contributed by atoms with Crippen LogP contribution in [0.2, 0.25) is 0 Å². The molecule has 0 radical (unpaired) electrons. The summed E-state index contributed by atoms with van der Waals surface area (Å²) in [5, 5.41) is 0. The smallest absolute Gasteiger partial charge is 0.218 e. The second kappa shape index (κ2) is 6.95. The second-order valence-corrected chi connectivity index (χ2v) is 8.41. The zero-order valence-corrected chi connectivity index (χ0v) is 15.0. The number of anilines is 1. The second-order valence-electron chi connectivity index (χ2n) is 6.49. The minimum atomic E-state index is -3.30. The van der Waals surface area contributed by atoms with Crippen LogP contribution in [0.1, 0.15) is 18.1 Å². The van der Waals surface area contributed by atoms with Gasteiger partial charge in [0.2, 0.25) is 10.0 Å². The van der Waals surface area contributed by atoms with Crippen molar-refractivity contribution in [2.24, 2.45) is 0 Å². The first-order valence-electron chi connectivity index (χ1n) is 8.31. The fraction of sp³-hybridized carbons (Fsp3) is 0.368. The monoisotopic (exact) mass is 344 g/mol. The number of piperazine rings is 1. The van der Waals surface area contributed by atoms with Gasteiger partial charge >= 0.3 is 0 Å². The standard InChI is InChI=1S/C19H24N2O2S/c1-16-7-6-8-18(13-16)15-24(22,23)21-12-11-20(14-17(21)2)19-9-4-3-5-10-19/h3-10,13,17H,11-12,14-15H2,1-2H3. The highest BCUT2D eigenvalue weighted by Gasteiger charge is 2.32. The van der Waals surface area contributed by atoms with Crippen molar-refractivity contribution in [2.75, 3.05) is 24.5 Å². The number of hydrogen-bond donors (Lipinski definition) is 0. The van der Waals surface area contributed by atoms with Crippen LogP contribution in [0.3, 0.4) is 0 Å². The number of aryl methyl sites for hydroxylation is 1. The molecule has 1 heterocycles. The number of rotatable bonds is 4. The Morgan fingerprint density at radius 2 is 1.79 bits per heavy atom. The molecular formula is C19H24N2O2S. The molecule has 1 aliphatic heterocycles. The molecule has 1 atom stereocenters. The Morgan fingerprint density at radius 3 is 2.46 bits per heavy atom. The Kier molecular flexibility index (Phi) is 4.92. The van der Waals surface area contributed by atoms with Gasteiger partial charge in [-0.15, -0.1) is 0 Å². The van der Waals surface area contributed by atoms with Crippen molar-refractivity contribution >= 4 is 15.7 Å². The zero-order valence-electron chi connectivity index (χ0n) is 14.2. The summed E-state index contributed by atoms with van der Waals surface area (Å²) in [6.45, 7) is 5.95. The van der Waals surface area contributed by atoms with Crippen LogP contribution in [0.15, 0.2) is 54.6 Å². The Morgan fingerprint density at radius 1 is 1.04 bits per heavy atom. The van der Waals surface area contributed by atoms with E-state index in [1.54, 1.807) is 4.31 Å². The van der Waals surface area contributed by atoms with E-state index in [2.05, 4.69) is 17.0 Å². The SMILES string of the molecule is Cc1cccc(CS(=O)(=O)N2CCN(c3ccccc3)CC2C)c1. The summed E-state index contributed by atoms with van der Waals surface area (Å²) in [4.78, 5) is 2.25. The lowest BCUT2D eigenvalue weighted by Crippen LogP contribution is -2.54. The Hall–Kier alpha value is -1.85. The number of sulfonamides is 1. The van der Waals surface area contributed by atoms with Crippen molar-refractivity contribution in [3.8, 4) is 0 Å². The molecule has 1 aliphatic rings. The van der Waals surface area contributed by atoms with Crippen LogP contribution in [0.25, 0.3) is 0 Å². The lowest BCUT2D eigenvalue weighted by Gasteiger charge is -2.40. The highest BCUT2D eigenvalue weighted by atomic mass is 32.2. The van der Waals surface area contributed by atoms with E-state index in [9.17, 15) is 8.42 Å². The van der Waals surface area contributed by atoms with Crippen molar-refractivity contribution in [3.05, 3.63) is 65.7 Å². The van der Waals surface area contributed by atoms with E-state index in [0.717, 1.165) is 29.9 Å². The van der Waals surface area contributed by atoms with Crippen molar-refractivity contribution in [1.29, 1.82) is 0 Å². The average Bonchev–Trinajstić information content (AvgIpc) is 2.55. The van der Waals surface area contributed by atoms with Crippen LogP contribution in [-0.2, 0) is 15.8 Å². The molecule has 128 valence electrons. The molecule has 0 saturated carbocycles. The lowest BCUT2D eigenvalue weighted by molar-refractivity contribution is 0.306. The average molecular weight is 344 g/mol. The summed E-state index contributed by atoms with van der Waals surface area (Å²) < 4.78 is 27.3. The van der Waals surface area contributed by atoms with Gasteiger partial charge in [-0.2, -0.15) is 4.31 Å². The third-order valence-electron chi connectivity index (χ3n) is 4.48. The van der Waals surface area contributed by atoms with Gasteiger partial charge in [0, 0.05) is 31.4 Å².